The van der Waals surface area contributed by atoms with Crippen molar-refractivity contribution in [2.24, 2.45) is 0 Å². The minimum atomic E-state index is -2.66. The Morgan fingerprint density at radius 2 is 1.73 bits per heavy atom. The molecule has 4 N–H and O–H groups in total. The van der Waals surface area contributed by atoms with Crippen molar-refractivity contribution in [2.45, 2.75) is 32.4 Å². The topological polar surface area (TPSA) is 150 Å². The fraction of sp³-hybridized carbons (Fsp3) is 0.259. The highest BCUT2D eigenvalue weighted by Crippen LogP contribution is 2.22. The summed E-state index contributed by atoms with van der Waals surface area (Å²) in [5.41, 5.74) is 0.784. The van der Waals surface area contributed by atoms with E-state index in [0.29, 0.717) is 34.6 Å². The molecular formula is C27H29F2N5O6S. The van der Waals surface area contributed by atoms with Crippen LogP contribution in [0.4, 0.5) is 25.8 Å². The molecule has 2 aromatic carbocycles. The Labute approximate surface area is 237 Å². The Kier molecular flexibility index (Phi) is 10.4. The van der Waals surface area contributed by atoms with Gasteiger partial charge in [-0.2, -0.15) is 0 Å². The van der Waals surface area contributed by atoms with Crippen molar-refractivity contribution >= 4 is 46.1 Å². The fourth-order valence-electron chi connectivity index (χ4n) is 3.81. The Balaban J connectivity index is 1.80. The number of carbonyl (C=O) groups is 3. The minimum absolute atomic E-state index is 0.0588. The van der Waals surface area contributed by atoms with E-state index in [4.69, 9.17) is 9.29 Å². The SMILES string of the molecule is CNc1cnccc1C(=O)N(C)c1ccc(C[C@H](NC(=O)c2cc(F)c(NS(=O)O)cc2F)C(=O)OC(C)C)cc1. The van der Waals surface area contributed by atoms with Crippen molar-refractivity contribution in [1.82, 2.24) is 10.3 Å². The number of esters is 1. The maximum Gasteiger partial charge on any atom is 0.329 e. The monoisotopic (exact) mass is 589 g/mol. The van der Waals surface area contributed by atoms with Crippen molar-refractivity contribution in [3.8, 4) is 0 Å². The number of benzene rings is 2. The molecule has 0 saturated carbocycles. The van der Waals surface area contributed by atoms with E-state index in [1.54, 1.807) is 63.0 Å². The summed E-state index contributed by atoms with van der Waals surface area (Å²) in [6, 6.07) is 8.06. The van der Waals surface area contributed by atoms with E-state index in [-0.39, 0.29) is 12.3 Å². The summed E-state index contributed by atoms with van der Waals surface area (Å²) in [5, 5.41) is 5.30. The fourth-order valence-corrected chi connectivity index (χ4v) is 4.15. The van der Waals surface area contributed by atoms with Gasteiger partial charge < -0.3 is 20.3 Å². The molecule has 218 valence electrons. The summed E-state index contributed by atoms with van der Waals surface area (Å²) < 4.78 is 55.6. The highest BCUT2D eigenvalue weighted by Gasteiger charge is 2.27. The van der Waals surface area contributed by atoms with Gasteiger partial charge in [0.15, 0.2) is 0 Å². The van der Waals surface area contributed by atoms with Crippen LogP contribution in [0.15, 0.2) is 54.9 Å². The highest BCUT2D eigenvalue weighted by atomic mass is 32.2. The van der Waals surface area contributed by atoms with Gasteiger partial charge in [0.25, 0.3) is 23.1 Å². The minimum Gasteiger partial charge on any atom is -0.461 e. The molecule has 0 fully saturated rings. The van der Waals surface area contributed by atoms with Crippen molar-refractivity contribution in [3.05, 3.63) is 83.2 Å². The molecule has 3 aromatic rings. The summed E-state index contributed by atoms with van der Waals surface area (Å²) in [7, 11) is 3.28. The lowest BCUT2D eigenvalue weighted by molar-refractivity contribution is -0.149. The van der Waals surface area contributed by atoms with Gasteiger partial charge in [0, 0.05) is 38.5 Å². The Hall–Kier alpha value is -4.43. The molecule has 1 heterocycles. The number of ether oxygens (including phenoxy) is 1. The number of hydrogen-bond donors (Lipinski definition) is 4. The molecule has 2 amide bonds. The molecule has 14 heteroatoms. The first-order chi connectivity index (χ1) is 19.4. The van der Waals surface area contributed by atoms with Gasteiger partial charge in [-0.25, -0.2) is 17.8 Å². The van der Waals surface area contributed by atoms with Crippen LogP contribution < -0.4 is 20.3 Å². The van der Waals surface area contributed by atoms with Crippen LogP contribution in [-0.2, 0) is 27.2 Å². The third-order valence-electron chi connectivity index (χ3n) is 5.83. The molecule has 0 radical (unpaired) electrons. The van der Waals surface area contributed by atoms with Gasteiger partial charge in [0.2, 0.25) is 0 Å². The maximum atomic E-state index is 14.6. The van der Waals surface area contributed by atoms with Crippen LogP contribution in [0.2, 0.25) is 0 Å². The Morgan fingerprint density at radius 3 is 2.34 bits per heavy atom. The number of aromatic nitrogens is 1. The van der Waals surface area contributed by atoms with Crippen LogP contribution in [0.1, 0.15) is 40.1 Å². The predicted octanol–water partition coefficient (Wildman–Crippen LogP) is 3.52. The Bertz CT molecular complexity index is 1450. The zero-order valence-electron chi connectivity index (χ0n) is 22.6. The average Bonchev–Trinajstić information content (AvgIpc) is 2.93. The van der Waals surface area contributed by atoms with Crippen molar-refractivity contribution in [1.29, 1.82) is 0 Å². The summed E-state index contributed by atoms with van der Waals surface area (Å²) in [4.78, 5) is 44.1. The molecule has 0 aliphatic rings. The molecule has 2 atom stereocenters. The molecule has 0 aliphatic carbocycles. The maximum absolute atomic E-state index is 14.6. The molecule has 41 heavy (non-hydrogen) atoms. The second-order valence-corrected chi connectivity index (χ2v) is 9.78. The number of rotatable bonds is 11. The van der Waals surface area contributed by atoms with Crippen LogP contribution in [0.25, 0.3) is 0 Å². The number of anilines is 3. The summed E-state index contributed by atoms with van der Waals surface area (Å²) >= 11 is -2.66. The van der Waals surface area contributed by atoms with E-state index >= 15 is 0 Å². The number of nitrogens with one attached hydrogen (secondary N) is 3. The molecule has 1 unspecified atom stereocenters. The number of hydrogen-bond acceptors (Lipinski definition) is 7. The van der Waals surface area contributed by atoms with Crippen molar-refractivity contribution in [3.63, 3.8) is 0 Å². The molecule has 0 spiro atoms. The second kappa shape index (κ2) is 13.8. The molecular weight excluding hydrogens is 560 g/mol. The van der Waals surface area contributed by atoms with Gasteiger partial charge in [0.1, 0.15) is 17.7 Å². The van der Waals surface area contributed by atoms with Gasteiger partial charge in [-0.3, -0.25) is 23.8 Å². The first-order valence-electron chi connectivity index (χ1n) is 12.3. The normalized spacial score (nSPS) is 12.3. The lowest BCUT2D eigenvalue weighted by Gasteiger charge is -2.21. The number of nitrogens with zero attached hydrogens (tertiary/aromatic N) is 2. The van der Waals surface area contributed by atoms with E-state index in [1.807, 2.05) is 0 Å². The number of carbonyl (C=O) groups excluding carboxylic acids is 3. The quantitative estimate of drug-likeness (QED) is 0.196. The third-order valence-corrected chi connectivity index (χ3v) is 6.22. The molecule has 3 rings (SSSR count). The van der Waals surface area contributed by atoms with E-state index in [9.17, 15) is 27.4 Å². The highest BCUT2D eigenvalue weighted by molar-refractivity contribution is 7.80. The zero-order valence-corrected chi connectivity index (χ0v) is 23.4. The standard InChI is InChI=1S/C27H29F2N5O6S/c1-15(2)40-27(37)23(32-25(35)19-12-21(29)22(13-20(19)28)33-41(38)39)11-16-5-7-17(8-6-16)34(4)26(36)18-9-10-31-14-24(18)30-3/h5-10,12-15,23,30,33H,11H2,1-4H3,(H,32,35)(H,38,39)/t23-/m0/s1. The zero-order chi connectivity index (χ0) is 30.3. The number of amides is 2. The first-order valence-corrected chi connectivity index (χ1v) is 13.4. The lowest BCUT2D eigenvalue weighted by Crippen LogP contribution is -2.44. The van der Waals surface area contributed by atoms with Crippen LogP contribution in [0.5, 0.6) is 0 Å². The van der Waals surface area contributed by atoms with Crippen molar-refractivity contribution < 1.29 is 36.7 Å². The van der Waals surface area contributed by atoms with Crippen molar-refractivity contribution in [2.75, 3.05) is 29.0 Å². The molecule has 11 nitrogen and oxygen atoms in total. The van der Waals surface area contributed by atoms with Gasteiger partial charge in [0.05, 0.1) is 34.8 Å². The lowest BCUT2D eigenvalue weighted by atomic mass is 10.0. The van der Waals surface area contributed by atoms with Crippen LogP contribution >= 0.6 is 0 Å². The van der Waals surface area contributed by atoms with Gasteiger partial charge in [-0.15, -0.1) is 0 Å². The summed E-state index contributed by atoms with van der Waals surface area (Å²) in [5.74, 6) is -4.50. The predicted molar refractivity (Wildman–Crippen MR) is 150 cm³/mol. The largest absolute Gasteiger partial charge is 0.461 e. The molecule has 0 saturated heterocycles. The van der Waals surface area contributed by atoms with Crippen LogP contribution in [0.3, 0.4) is 0 Å². The van der Waals surface area contributed by atoms with Gasteiger partial charge in [-0.1, -0.05) is 12.1 Å². The first kappa shape index (κ1) is 31.1. The third kappa shape index (κ3) is 8.05. The van der Waals surface area contributed by atoms with E-state index in [0.717, 1.165) is 0 Å². The van der Waals surface area contributed by atoms with Gasteiger partial charge >= 0.3 is 5.97 Å². The van der Waals surface area contributed by atoms with E-state index < -0.39 is 58.2 Å². The second-order valence-electron chi connectivity index (χ2n) is 9.08. The summed E-state index contributed by atoms with van der Waals surface area (Å²) in [6.45, 7) is 3.24. The van der Waals surface area contributed by atoms with E-state index in [2.05, 4.69) is 15.6 Å². The number of pyridine rings is 1. The summed E-state index contributed by atoms with van der Waals surface area (Å²) in [6.07, 6.45) is 2.48. The van der Waals surface area contributed by atoms with Gasteiger partial charge in [-0.05, 0) is 43.7 Å². The molecule has 0 aliphatic heterocycles. The average molecular weight is 590 g/mol. The molecule has 1 aromatic heterocycles. The van der Waals surface area contributed by atoms with E-state index in [1.165, 1.54) is 17.3 Å². The number of halogens is 2. The van der Waals surface area contributed by atoms with Crippen LogP contribution in [0, 0.1) is 11.6 Å². The van der Waals surface area contributed by atoms with Crippen LogP contribution in [-0.4, -0.2) is 57.8 Å². The smallest absolute Gasteiger partial charge is 0.329 e. The Morgan fingerprint density at radius 1 is 1.05 bits per heavy atom. The molecule has 0 bridgehead atoms.